The van der Waals surface area contributed by atoms with E-state index in [1.54, 1.807) is 18.6 Å². The zero-order valence-corrected chi connectivity index (χ0v) is 8.90. The van der Waals surface area contributed by atoms with Gasteiger partial charge >= 0.3 is 0 Å². The summed E-state index contributed by atoms with van der Waals surface area (Å²) < 4.78 is 4.95. The Labute approximate surface area is 89.2 Å². The first-order chi connectivity index (χ1) is 7.18. The standard InChI is InChI=1S/C13H14O2/c1-9-3-4-11(7-10(9)2)13(14)12-5-6-15-8-12/h3-8,13-14H,1-2H3. The molecule has 0 radical (unpaired) electrons. The highest BCUT2D eigenvalue weighted by atomic mass is 16.3. The second-order valence-corrected chi connectivity index (χ2v) is 3.80. The van der Waals surface area contributed by atoms with Gasteiger partial charge in [0.25, 0.3) is 0 Å². The highest BCUT2D eigenvalue weighted by molar-refractivity contribution is 5.34. The van der Waals surface area contributed by atoms with Gasteiger partial charge in [-0.25, -0.2) is 0 Å². The molecule has 1 aromatic carbocycles. The maximum absolute atomic E-state index is 10.0. The average Bonchev–Trinajstić information content (AvgIpc) is 2.74. The SMILES string of the molecule is Cc1ccc(C(O)c2ccoc2)cc1C. The van der Waals surface area contributed by atoms with Crippen LogP contribution in [0.4, 0.5) is 0 Å². The van der Waals surface area contributed by atoms with Crippen LogP contribution in [0.5, 0.6) is 0 Å². The maximum atomic E-state index is 10.0. The molecule has 0 fully saturated rings. The lowest BCUT2D eigenvalue weighted by molar-refractivity contribution is 0.219. The fourth-order valence-electron chi connectivity index (χ4n) is 1.56. The molecule has 1 heterocycles. The summed E-state index contributed by atoms with van der Waals surface area (Å²) >= 11 is 0. The molecule has 0 amide bonds. The van der Waals surface area contributed by atoms with Crippen LogP contribution in [-0.2, 0) is 0 Å². The van der Waals surface area contributed by atoms with Gasteiger partial charge in [-0.15, -0.1) is 0 Å². The van der Waals surface area contributed by atoms with Gasteiger partial charge < -0.3 is 9.52 Å². The molecule has 2 nitrogen and oxygen atoms in total. The second kappa shape index (κ2) is 3.91. The molecule has 0 aliphatic heterocycles. The van der Waals surface area contributed by atoms with Crippen molar-refractivity contribution >= 4 is 0 Å². The minimum absolute atomic E-state index is 0.594. The molecule has 78 valence electrons. The molecule has 2 rings (SSSR count). The predicted octanol–water partition coefficient (Wildman–Crippen LogP) is 2.98. The fourth-order valence-corrected chi connectivity index (χ4v) is 1.56. The van der Waals surface area contributed by atoms with Crippen LogP contribution < -0.4 is 0 Å². The van der Waals surface area contributed by atoms with Gasteiger partial charge in [0.2, 0.25) is 0 Å². The van der Waals surface area contributed by atoms with E-state index in [9.17, 15) is 5.11 Å². The summed E-state index contributed by atoms with van der Waals surface area (Å²) in [4.78, 5) is 0. The smallest absolute Gasteiger partial charge is 0.107 e. The molecule has 0 aliphatic carbocycles. The molecule has 1 N–H and O–H groups in total. The molecule has 1 unspecified atom stereocenters. The molecule has 0 saturated heterocycles. The third-order valence-electron chi connectivity index (χ3n) is 2.71. The molecule has 0 aliphatic rings. The first kappa shape index (κ1) is 9.99. The first-order valence-corrected chi connectivity index (χ1v) is 4.96. The van der Waals surface area contributed by atoms with Gasteiger partial charge in [0.05, 0.1) is 12.5 Å². The molecule has 2 heteroatoms. The van der Waals surface area contributed by atoms with Gasteiger partial charge in [-0.1, -0.05) is 18.2 Å². The van der Waals surface area contributed by atoms with Crippen LogP contribution in [0.2, 0.25) is 0 Å². The largest absolute Gasteiger partial charge is 0.472 e. The van der Waals surface area contributed by atoms with Crippen LogP contribution in [0.25, 0.3) is 0 Å². The highest BCUT2D eigenvalue weighted by Crippen LogP contribution is 2.23. The summed E-state index contributed by atoms with van der Waals surface area (Å²) in [5, 5.41) is 10.0. The van der Waals surface area contributed by atoms with Crippen LogP contribution in [-0.4, -0.2) is 5.11 Å². The highest BCUT2D eigenvalue weighted by Gasteiger charge is 2.11. The van der Waals surface area contributed by atoms with Crippen molar-refractivity contribution in [2.45, 2.75) is 20.0 Å². The molecule has 0 spiro atoms. The predicted molar refractivity (Wildman–Crippen MR) is 58.7 cm³/mol. The van der Waals surface area contributed by atoms with Crippen molar-refractivity contribution in [3.63, 3.8) is 0 Å². The molecule has 0 bridgehead atoms. The number of aliphatic hydroxyl groups excluding tert-OH is 1. The number of aliphatic hydroxyl groups is 1. The van der Waals surface area contributed by atoms with E-state index < -0.39 is 6.10 Å². The Balaban J connectivity index is 2.34. The van der Waals surface area contributed by atoms with E-state index in [0.29, 0.717) is 0 Å². The zero-order chi connectivity index (χ0) is 10.8. The normalized spacial score (nSPS) is 12.7. The summed E-state index contributed by atoms with van der Waals surface area (Å²) in [5.74, 6) is 0. The Morgan fingerprint density at radius 3 is 2.47 bits per heavy atom. The van der Waals surface area contributed by atoms with E-state index in [-0.39, 0.29) is 0 Å². The van der Waals surface area contributed by atoms with Crippen molar-refractivity contribution in [2.75, 3.05) is 0 Å². The van der Waals surface area contributed by atoms with E-state index >= 15 is 0 Å². The summed E-state index contributed by atoms with van der Waals surface area (Å²) in [6.07, 6.45) is 2.54. The third kappa shape index (κ3) is 1.95. The molecular weight excluding hydrogens is 188 g/mol. The van der Waals surface area contributed by atoms with Gasteiger partial charge in [0.1, 0.15) is 6.10 Å². The topological polar surface area (TPSA) is 33.4 Å². The van der Waals surface area contributed by atoms with Gasteiger partial charge in [-0.05, 0) is 36.6 Å². The van der Waals surface area contributed by atoms with Crippen molar-refractivity contribution in [2.24, 2.45) is 0 Å². The first-order valence-electron chi connectivity index (χ1n) is 4.96. The fraction of sp³-hybridized carbons (Fsp3) is 0.231. The molecule has 0 saturated carbocycles. The van der Waals surface area contributed by atoms with Crippen molar-refractivity contribution in [3.8, 4) is 0 Å². The molecule has 1 atom stereocenters. The summed E-state index contributed by atoms with van der Waals surface area (Å²) in [7, 11) is 0. The average molecular weight is 202 g/mol. The van der Waals surface area contributed by atoms with Crippen LogP contribution in [0.1, 0.15) is 28.4 Å². The van der Waals surface area contributed by atoms with E-state index in [0.717, 1.165) is 11.1 Å². The Kier molecular flexibility index (Phi) is 2.60. The van der Waals surface area contributed by atoms with Gasteiger partial charge in [0, 0.05) is 5.56 Å². The maximum Gasteiger partial charge on any atom is 0.107 e. The van der Waals surface area contributed by atoms with Crippen LogP contribution in [0, 0.1) is 13.8 Å². The molecule has 2 aromatic rings. The summed E-state index contributed by atoms with van der Waals surface area (Å²) in [5.41, 5.74) is 4.12. The molecule has 15 heavy (non-hydrogen) atoms. The number of hydrogen-bond acceptors (Lipinski definition) is 2. The summed E-state index contributed by atoms with van der Waals surface area (Å²) in [6.45, 7) is 4.10. The second-order valence-electron chi connectivity index (χ2n) is 3.80. The number of furan rings is 1. The lowest BCUT2D eigenvalue weighted by Gasteiger charge is -2.10. The van der Waals surface area contributed by atoms with Crippen molar-refractivity contribution < 1.29 is 9.52 Å². The zero-order valence-electron chi connectivity index (χ0n) is 8.90. The number of hydrogen-bond donors (Lipinski definition) is 1. The van der Waals surface area contributed by atoms with E-state index in [2.05, 4.69) is 6.92 Å². The molecule has 1 aromatic heterocycles. The van der Waals surface area contributed by atoms with Crippen LogP contribution in [0.3, 0.4) is 0 Å². The lowest BCUT2D eigenvalue weighted by Crippen LogP contribution is -1.98. The van der Waals surface area contributed by atoms with Crippen molar-refractivity contribution in [1.82, 2.24) is 0 Å². The Morgan fingerprint density at radius 1 is 1.07 bits per heavy atom. The van der Waals surface area contributed by atoms with Crippen molar-refractivity contribution in [1.29, 1.82) is 0 Å². The number of rotatable bonds is 2. The monoisotopic (exact) mass is 202 g/mol. The van der Waals surface area contributed by atoms with Gasteiger partial charge in [-0.3, -0.25) is 0 Å². The van der Waals surface area contributed by atoms with E-state index in [1.807, 2.05) is 25.1 Å². The summed E-state index contributed by atoms with van der Waals surface area (Å²) in [6, 6.07) is 7.75. The van der Waals surface area contributed by atoms with Crippen LogP contribution >= 0.6 is 0 Å². The Morgan fingerprint density at radius 2 is 1.87 bits per heavy atom. The van der Waals surface area contributed by atoms with Crippen molar-refractivity contribution in [3.05, 3.63) is 59.0 Å². The lowest BCUT2D eigenvalue weighted by atomic mass is 10.00. The quantitative estimate of drug-likeness (QED) is 0.812. The Hall–Kier alpha value is -1.54. The van der Waals surface area contributed by atoms with Crippen LogP contribution in [0.15, 0.2) is 41.2 Å². The van der Waals surface area contributed by atoms with E-state index in [1.165, 1.54) is 11.1 Å². The van der Waals surface area contributed by atoms with E-state index in [4.69, 9.17) is 4.42 Å². The number of benzene rings is 1. The van der Waals surface area contributed by atoms with Gasteiger partial charge in [0.15, 0.2) is 0 Å². The minimum atomic E-state index is -0.594. The number of aryl methyl sites for hydroxylation is 2. The third-order valence-corrected chi connectivity index (χ3v) is 2.71. The van der Waals surface area contributed by atoms with Gasteiger partial charge in [-0.2, -0.15) is 0 Å². The Bertz CT molecular complexity index is 444. The minimum Gasteiger partial charge on any atom is -0.472 e. The molecular formula is C13H14O2.